The Bertz CT molecular complexity index is 1460. The number of ether oxygens (including phenoxy) is 2. The minimum atomic E-state index is -1.83. The van der Waals surface area contributed by atoms with Gasteiger partial charge in [0.1, 0.15) is 5.75 Å². The topological polar surface area (TPSA) is 186 Å². The van der Waals surface area contributed by atoms with Crippen LogP contribution in [0, 0.1) is 0 Å². The number of benzene rings is 3. The fraction of sp³-hybridized carbons (Fsp3) is 0.259. The smallest absolute Gasteiger partial charge is 0.336 e. The van der Waals surface area contributed by atoms with Crippen LogP contribution < -0.4 is 4.74 Å². The molecule has 0 fully saturated rings. The van der Waals surface area contributed by atoms with Crippen LogP contribution in [0.2, 0.25) is 0 Å². The van der Waals surface area contributed by atoms with Crippen molar-refractivity contribution in [2.45, 2.75) is 31.0 Å². The third-order valence-corrected chi connectivity index (χ3v) is 6.26. The molecule has 1 aliphatic heterocycles. The molecule has 0 amide bonds. The monoisotopic (exact) mass is 527 g/mol. The summed E-state index contributed by atoms with van der Waals surface area (Å²) in [6, 6.07) is 20.5. The van der Waals surface area contributed by atoms with Gasteiger partial charge in [-0.2, -0.15) is 0 Å². The molecule has 1 heterocycles. The fourth-order valence-corrected chi connectivity index (χ4v) is 4.38. The van der Waals surface area contributed by atoms with Crippen LogP contribution in [0.5, 0.6) is 5.75 Å². The number of azide groups is 2. The maximum absolute atomic E-state index is 13.1. The summed E-state index contributed by atoms with van der Waals surface area (Å²) in [5.74, 6) is -0.555. The maximum Gasteiger partial charge on any atom is 0.336 e. The van der Waals surface area contributed by atoms with Crippen molar-refractivity contribution in [1.29, 1.82) is 0 Å². The molecule has 0 bridgehead atoms. The largest absolute Gasteiger partial charge is 0.494 e. The maximum atomic E-state index is 13.1. The van der Waals surface area contributed by atoms with Crippen molar-refractivity contribution in [3.8, 4) is 5.75 Å². The van der Waals surface area contributed by atoms with Crippen LogP contribution in [-0.2, 0) is 22.5 Å². The Morgan fingerprint density at radius 3 is 2.44 bits per heavy atom. The number of aliphatic hydroxyl groups excluding tert-OH is 1. The molecule has 2 atom stereocenters. The van der Waals surface area contributed by atoms with E-state index in [1.807, 2.05) is 0 Å². The van der Waals surface area contributed by atoms with E-state index in [2.05, 4.69) is 25.0 Å². The van der Waals surface area contributed by atoms with E-state index in [0.717, 1.165) is 0 Å². The average Bonchev–Trinajstić information content (AvgIpc) is 3.34. The zero-order valence-electron chi connectivity index (χ0n) is 20.8. The van der Waals surface area contributed by atoms with Gasteiger partial charge in [-0.3, -0.25) is 0 Å². The first-order valence-electron chi connectivity index (χ1n) is 12.1. The summed E-state index contributed by atoms with van der Waals surface area (Å²) in [6.07, 6.45) is -0.730. The van der Waals surface area contributed by atoms with E-state index in [4.69, 9.17) is 25.6 Å². The first-order valence-corrected chi connectivity index (χ1v) is 12.1. The molecule has 39 heavy (non-hydrogen) atoms. The minimum Gasteiger partial charge on any atom is -0.494 e. The van der Waals surface area contributed by atoms with E-state index in [9.17, 15) is 9.90 Å². The highest BCUT2D eigenvalue weighted by Crippen LogP contribution is 2.45. The van der Waals surface area contributed by atoms with Gasteiger partial charge in [0.2, 0.25) is 11.4 Å². The zero-order chi connectivity index (χ0) is 27.7. The van der Waals surface area contributed by atoms with E-state index in [0.29, 0.717) is 41.0 Å². The van der Waals surface area contributed by atoms with Gasteiger partial charge in [0.25, 0.3) is 0 Å². The molecule has 0 saturated carbocycles. The standard InChI is InChI=1S/C27H25N7O5/c28-33-30-17-20-7-2-1-6-19(20)16-27(26(36)37)24(22-8-3-4-9-23(22)32-34-29)39-25(31-27)18-10-12-21(13-11-18)38-15-5-14-35/h1-4,6-13,24,35H,5,14-17H2,(H,36,37)/t24-,27-/m0/s1. The number of aliphatic carboxylic acids is 1. The molecule has 0 saturated heterocycles. The third kappa shape index (κ3) is 5.94. The summed E-state index contributed by atoms with van der Waals surface area (Å²) >= 11 is 0. The number of nitrogens with zero attached hydrogens (tertiary/aromatic N) is 7. The Morgan fingerprint density at radius 1 is 1.03 bits per heavy atom. The van der Waals surface area contributed by atoms with Crippen molar-refractivity contribution in [2.24, 2.45) is 15.2 Å². The van der Waals surface area contributed by atoms with Gasteiger partial charge in [-0.15, -0.1) is 0 Å². The molecule has 0 aliphatic carbocycles. The van der Waals surface area contributed by atoms with E-state index in [-0.39, 0.29) is 31.2 Å². The van der Waals surface area contributed by atoms with E-state index in [1.165, 1.54) is 0 Å². The molecule has 4 rings (SSSR count). The summed E-state index contributed by atoms with van der Waals surface area (Å²) in [5.41, 5.74) is 18.5. The molecular formula is C27H25N7O5. The predicted molar refractivity (Wildman–Crippen MR) is 143 cm³/mol. The van der Waals surface area contributed by atoms with Crippen LogP contribution >= 0.6 is 0 Å². The summed E-state index contributed by atoms with van der Waals surface area (Å²) in [6.45, 7) is 0.408. The van der Waals surface area contributed by atoms with Gasteiger partial charge >= 0.3 is 5.97 Å². The van der Waals surface area contributed by atoms with Gasteiger partial charge in [-0.1, -0.05) is 58.8 Å². The normalized spacial score (nSPS) is 17.8. The van der Waals surface area contributed by atoms with Crippen LogP contribution in [0.15, 0.2) is 88.0 Å². The summed E-state index contributed by atoms with van der Waals surface area (Å²) in [7, 11) is 0. The lowest BCUT2D eigenvalue weighted by Gasteiger charge is -2.29. The van der Waals surface area contributed by atoms with E-state index in [1.54, 1.807) is 72.8 Å². The molecule has 12 nitrogen and oxygen atoms in total. The van der Waals surface area contributed by atoms with Crippen LogP contribution in [0.1, 0.15) is 34.8 Å². The number of hydrogen-bond donors (Lipinski definition) is 2. The Kier molecular flexibility index (Phi) is 8.65. The number of carboxylic acids is 1. The van der Waals surface area contributed by atoms with Gasteiger partial charge in [-0.25, -0.2) is 9.79 Å². The van der Waals surface area contributed by atoms with Crippen LogP contribution in [0.4, 0.5) is 5.69 Å². The zero-order valence-corrected chi connectivity index (χ0v) is 20.8. The molecule has 198 valence electrons. The van der Waals surface area contributed by atoms with Crippen LogP contribution in [0.25, 0.3) is 20.9 Å². The van der Waals surface area contributed by atoms with Gasteiger partial charge < -0.3 is 19.7 Å². The lowest BCUT2D eigenvalue weighted by molar-refractivity contribution is -0.146. The minimum absolute atomic E-state index is 0.0186. The van der Waals surface area contributed by atoms with Crippen molar-refractivity contribution >= 4 is 17.6 Å². The van der Waals surface area contributed by atoms with Crippen LogP contribution in [-0.4, -0.2) is 40.8 Å². The van der Waals surface area contributed by atoms with Crippen molar-refractivity contribution in [1.82, 2.24) is 0 Å². The van der Waals surface area contributed by atoms with Crippen molar-refractivity contribution < 1.29 is 24.5 Å². The van der Waals surface area contributed by atoms with Crippen molar-refractivity contribution in [3.63, 3.8) is 0 Å². The molecule has 0 radical (unpaired) electrons. The third-order valence-electron chi connectivity index (χ3n) is 6.26. The molecule has 0 spiro atoms. The second-order valence-corrected chi connectivity index (χ2v) is 8.68. The highest BCUT2D eigenvalue weighted by Gasteiger charge is 2.54. The number of carbonyl (C=O) groups is 1. The Hall–Kier alpha value is -5.02. The van der Waals surface area contributed by atoms with Crippen molar-refractivity contribution in [2.75, 3.05) is 13.2 Å². The number of hydrogen-bond acceptors (Lipinski definition) is 7. The highest BCUT2D eigenvalue weighted by molar-refractivity contribution is 5.99. The van der Waals surface area contributed by atoms with Crippen molar-refractivity contribution in [3.05, 3.63) is 116 Å². The van der Waals surface area contributed by atoms with Crippen LogP contribution in [0.3, 0.4) is 0 Å². The number of aliphatic imine (C=N–C) groups is 1. The first kappa shape index (κ1) is 27.0. The van der Waals surface area contributed by atoms with E-state index >= 15 is 0 Å². The first-order chi connectivity index (χ1) is 19.0. The van der Waals surface area contributed by atoms with E-state index < -0.39 is 17.6 Å². The summed E-state index contributed by atoms with van der Waals surface area (Å²) in [4.78, 5) is 23.4. The highest BCUT2D eigenvalue weighted by atomic mass is 16.5. The fourth-order valence-electron chi connectivity index (χ4n) is 4.38. The van der Waals surface area contributed by atoms with Gasteiger partial charge in [-0.05, 0) is 46.5 Å². The quantitative estimate of drug-likeness (QED) is 0.130. The Labute approximate surface area is 223 Å². The lowest BCUT2D eigenvalue weighted by Crippen LogP contribution is -2.43. The number of carboxylic acid groups (broad SMARTS) is 1. The predicted octanol–water partition coefficient (Wildman–Crippen LogP) is 5.78. The van der Waals surface area contributed by atoms with Gasteiger partial charge in [0.05, 0.1) is 13.2 Å². The Balaban J connectivity index is 1.81. The molecule has 12 heteroatoms. The molecule has 1 aliphatic rings. The molecule has 2 N–H and O–H groups in total. The molecule has 0 unspecified atom stereocenters. The summed E-state index contributed by atoms with van der Waals surface area (Å²) < 4.78 is 11.8. The second kappa shape index (κ2) is 12.5. The average molecular weight is 528 g/mol. The van der Waals surface area contributed by atoms with Gasteiger partial charge in [0, 0.05) is 46.1 Å². The lowest BCUT2D eigenvalue weighted by atomic mass is 9.81. The van der Waals surface area contributed by atoms with Gasteiger partial charge in [0.15, 0.2) is 6.10 Å². The molecular weight excluding hydrogens is 502 g/mol. The molecule has 3 aromatic rings. The number of rotatable bonds is 12. The number of aliphatic hydroxyl groups is 1. The SMILES string of the molecule is [N-]=[N+]=NCc1ccccc1C[C@]1(C(=O)O)N=C(c2ccc(OCCCO)cc2)O[C@H]1c1ccccc1N=[N+]=[N-]. The second-order valence-electron chi connectivity index (χ2n) is 8.68. The molecule has 0 aromatic heterocycles. The Morgan fingerprint density at radius 2 is 1.74 bits per heavy atom. The summed E-state index contributed by atoms with van der Waals surface area (Å²) in [5, 5.41) is 27.0. The molecule has 3 aromatic carbocycles.